The molecule has 0 saturated heterocycles. The Kier molecular flexibility index (Phi) is 5.93. The fourth-order valence-corrected chi connectivity index (χ4v) is 2.97. The van der Waals surface area contributed by atoms with E-state index >= 15 is 0 Å². The van der Waals surface area contributed by atoms with Crippen LogP contribution in [0.15, 0.2) is 24.4 Å². The van der Waals surface area contributed by atoms with Crippen LogP contribution < -0.4 is 5.32 Å². The Hall–Kier alpha value is -3.20. The molecule has 1 N–H and O–H groups in total. The Morgan fingerprint density at radius 2 is 1.97 bits per heavy atom. The van der Waals surface area contributed by atoms with Crippen LogP contribution in [-0.4, -0.2) is 44.3 Å². The van der Waals surface area contributed by atoms with Crippen LogP contribution in [0, 0.1) is 6.92 Å². The molecule has 0 spiro atoms. The number of rotatable bonds is 4. The molecule has 10 heteroatoms. The van der Waals surface area contributed by atoms with E-state index in [4.69, 9.17) is 21.1 Å². The number of nitrogens with zero attached hydrogens (tertiary/aromatic N) is 4. The zero-order chi connectivity index (χ0) is 22.1. The van der Waals surface area contributed by atoms with Crippen molar-refractivity contribution in [2.75, 3.05) is 12.4 Å². The Bertz CT molecular complexity index is 1120. The first-order valence-corrected chi connectivity index (χ1v) is 9.52. The molecule has 0 fully saturated rings. The van der Waals surface area contributed by atoms with Crippen LogP contribution in [0.25, 0.3) is 11.2 Å². The van der Waals surface area contributed by atoms with Gasteiger partial charge in [-0.2, -0.15) is 0 Å². The summed E-state index contributed by atoms with van der Waals surface area (Å²) in [5.41, 5.74) is 1.69. The number of carbonyl (C=O) groups is 2. The Balaban J connectivity index is 1.86. The summed E-state index contributed by atoms with van der Waals surface area (Å²) in [5, 5.41) is 2.96. The molecule has 0 aliphatic rings. The summed E-state index contributed by atoms with van der Waals surface area (Å²) in [6, 6.07) is 4.86. The standard InChI is InChI=1S/C20H22ClN5O4/c1-11-23-14-6-7-15(18(27)29-5)25-17(14)26(11)10-16-13(21)8-12(9-22-16)24-19(28)30-20(2,3)4/h6-9H,10H2,1-5H3,(H,24,28). The molecule has 0 aliphatic carbocycles. The highest BCUT2D eigenvalue weighted by atomic mass is 35.5. The monoisotopic (exact) mass is 431 g/mol. The average molecular weight is 432 g/mol. The first kappa shape index (κ1) is 21.5. The van der Waals surface area contributed by atoms with E-state index in [2.05, 4.69) is 20.3 Å². The minimum Gasteiger partial charge on any atom is -0.464 e. The molecule has 0 aromatic carbocycles. The third-order valence-corrected chi connectivity index (χ3v) is 4.38. The summed E-state index contributed by atoms with van der Waals surface area (Å²) in [7, 11) is 1.30. The summed E-state index contributed by atoms with van der Waals surface area (Å²) in [5.74, 6) is 0.157. The number of aromatic nitrogens is 4. The molecule has 158 valence electrons. The topological polar surface area (TPSA) is 108 Å². The van der Waals surface area contributed by atoms with Gasteiger partial charge in [0.1, 0.15) is 16.9 Å². The number of methoxy groups -OCH3 is 1. The van der Waals surface area contributed by atoms with Gasteiger partial charge in [0.25, 0.3) is 0 Å². The number of halogens is 1. The molecule has 0 atom stereocenters. The predicted molar refractivity (Wildman–Crippen MR) is 112 cm³/mol. The van der Waals surface area contributed by atoms with Crippen LogP contribution >= 0.6 is 11.6 Å². The molecule has 0 bridgehead atoms. The number of imidazole rings is 1. The molecule has 0 radical (unpaired) electrons. The number of anilines is 1. The van der Waals surface area contributed by atoms with Crippen molar-refractivity contribution in [1.29, 1.82) is 0 Å². The first-order valence-electron chi connectivity index (χ1n) is 9.14. The van der Waals surface area contributed by atoms with Gasteiger partial charge in [0.05, 0.1) is 36.3 Å². The molecule has 1 amide bonds. The predicted octanol–water partition coefficient (Wildman–Crippen LogP) is 3.97. The lowest BCUT2D eigenvalue weighted by Gasteiger charge is -2.19. The third-order valence-electron chi connectivity index (χ3n) is 4.05. The number of esters is 1. The van der Waals surface area contributed by atoms with Gasteiger partial charge < -0.3 is 14.0 Å². The number of carbonyl (C=O) groups excluding carboxylic acids is 2. The highest BCUT2D eigenvalue weighted by Crippen LogP contribution is 2.23. The highest BCUT2D eigenvalue weighted by molar-refractivity contribution is 6.31. The minimum atomic E-state index is -0.614. The van der Waals surface area contributed by atoms with Crippen LogP contribution in [0.2, 0.25) is 5.02 Å². The maximum atomic E-state index is 11.9. The summed E-state index contributed by atoms with van der Waals surface area (Å²) in [4.78, 5) is 36.9. The number of hydrogen-bond donors (Lipinski definition) is 1. The highest BCUT2D eigenvalue weighted by Gasteiger charge is 2.18. The van der Waals surface area contributed by atoms with Gasteiger partial charge in [-0.25, -0.2) is 19.6 Å². The maximum absolute atomic E-state index is 11.9. The van der Waals surface area contributed by atoms with E-state index in [0.29, 0.717) is 33.4 Å². The molecular weight excluding hydrogens is 410 g/mol. The van der Waals surface area contributed by atoms with Crippen LogP contribution in [-0.2, 0) is 16.0 Å². The minimum absolute atomic E-state index is 0.183. The average Bonchev–Trinajstić information content (AvgIpc) is 2.96. The van der Waals surface area contributed by atoms with E-state index in [0.717, 1.165) is 0 Å². The fourth-order valence-electron chi connectivity index (χ4n) is 2.74. The number of pyridine rings is 2. The second-order valence-corrected chi connectivity index (χ2v) is 7.96. The lowest BCUT2D eigenvalue weighted by atomic mass is 10.2. The van der Waals surface area contributed by atoms with E-state index in [-0.39, 0.29) is 12.2 Å². The van der Waals surface area contributed by atoms with Crippen molar-refractivity contribution in [3.8, 4) is 0 Å². The van der Waals surface area contributed by atoms with Gasteiger partial charge in [-0.3, -0.25) is 10.3 Å². The Morgan fingerprint density at radius 1 is 1.23 bits per heavy atom. The van der Waals surface area contributed by atoms with Crippen molar-refractivity contribution in [3.63, 3.8) is 0 Å². The van der Waals surface area contributed by atoms with Crippen LogP contribution in [0.4, 0.5) is 10.5 Å². The molecule has 3 aromatic rings. The number of amides is 1. The van der Waals surface area contributed by atoms with Crippen LogP contribution in [0.5, 0.6) is 0 Å². The van der Waals surface area contributed by atoms with Crippen LogP contribution in [0.1, 0.15) is 42.8 Å². The van der Waals surface area contributed by atoms with E-state index in [9.17, 15) is 9.59 Å². The number of fused-ring (bicyclic) bond motifs is 1. The molecule has 3 rings (SSSR count). The summed E-state index contributed by atoms with van der Waals surface area (Å²) in [6.07, 6.45) is 0.900. The number of aryl methyl sites for hydroxylation is 1. The second-order valence-electron chi connectivity index (χ2n) is 7.56. The van der Waals surface area contributed by atoms with Gasteiger partial charge in [0, 0.05) is 0 Å². The quantitative estimate of drug-likeness (QED) is 0.622. The van der Waals surface area contributed by atoms with Gasteiger partial charge >= 0.3 is 12.1 Å². The maximum Gasteiger partial charge on any atom is 0.412 e. The number of ether oxygens (including phenoxy) is 2. The van der Waals surface area contributed by atoms with Gasteiger partial charge in [-0.1, -0.05) is 11.6 Å². The normalized spacial score (nSPS) is 11.4. The van der Waals surface area contributed by atoms with Crippen molar-refractivity contribution in [2.24, 2.45) is 0 Å². The summed E-state index contributed by atoms with van der Waals surface area (Å²) in [6.45, 7) is 7.44. The zero-order valence-electron chi connectivity index (χ0n) is 17.3. The largest absolute Gasteiger partial charge is 0.464 e. The zero-order valence-corrected chi connectivity index (χ0v) is 18.1. The summed E-state index contributed by atoms with van der Waals surface area (Å²) < 4.78 is 11.8. The SMILES string of the molecule is COC(=O)c1ccc2nc(C)n(Cc3ncc(NC(=O)OC(C)(C)C)cc3Cl)c2n1. The fraction of sp³-hybridized carbons (Fsp3) is 0.350. The van der Waals surface area contributed by atoms with Crippen LogP contribution in [0.3, 0.4) is 0 Å². The first-order chi connectivity index (χ1) is 14.1. The molecule has 0 saturated carbocycles. The lowest BCUT2D eigenvalue weighted by molar-refractivity contribution is 0.0592. The van der Waals surface area contributed by atoms with E-state index in [1.54, 1.807) is 43.5 Å². The lowest BCUT2D eigenvalue weighted by Crippen LogP contribution is -2.27. The molecule has 0 aliphatic heterocycles. The van der Waals surface area contributed by atoms with E-state index < -0.39 is 17.7 Å². The third kappa shape index (κ3) is 4.85. The van der Waals surface area contributed by atoms with Gasteiger partial charge in [0.15, 0.2) is 11.3 Å². The molecule has 3 aromatic heterocycles. The summed E-state index contributed by atoms with van der Waals surface area (Å²) >= 11 is 6.39. The molecule has 30 heavy (non-hydrogen) atoms. The molecule has 3 heterocycles. The van der Waals surface area contributed by atoms with E-state index in [1.807, 2.05) is 6.92 Å². The van der Waals surface area contributed by atoms with Gasteiger partial charge in [-0.15, -0.1) is 0 Å². The van der Waals surface area contributed by atoms with Gasteiger partial charge in [-0.05, 0) is 45.9 Å². The molecule has 0 unspecified atom stereocenters. The number of nitrogens with one attached hydrogen (secondary N) is 1. The number of hydrogen-bond acceptors (Lipinski definition) is 7. The smallest absolute Gasteiger partial charge is 0.412 e. The Labute approximate surface area is 178 Å². The van der Waals surface area contributed by atoms with Crippen molar-refractivity contribution >= 4 is 40.5 Å². The Morgan fingerprint density at radius 3 is 2.60 bits per heavy atom. The molecular formula is C20H22ClN5O4. The van der Waals surface area contributed by atoms with E-state index in [1.165, 1.54) is 13.3 Å². The second kappa shape index (κ2) is 8.27. The van der Waals surface area contributed by atoms with Crippen molar-refractivity contribution in [1.82, 2.24) is 19.5 Å². The van der Waals surface area contributed by atoms with Crippen molar-refractivity contribution in [2.45, 2.75) is 39.8 Å². The van der Waals surface area contributed by atoms with Crippen molar-refractivity contribution < 1.29 is 19.1 Å². The molecule has 9 nitrogen and oxygen atoms in total. The van der Waals surface area contributed by atoms with Gasteiger partial charge in [0.2, 0.25) is 0 Å². The van der Waals surface area contributed by atoms with Crippen molar-refractivity contribution in [3.05, 3.63) is 46.6 Å².